The molecule has 1 heterocycles. The van der Waals surface area contributed by atoms with Crippen molar-refractivity contribution in [2.24, 2.45) is 5.92 Å². The maximum Gasteiger partial charge on any atom is 0.490 e. The third-order valence-electron chi connectivity index (χ3n) is 7.30. The van der Waals surface area contributed by atoms with Crippen LogP contribution in [0.3, 0.4) is 0 Å². The summed E-state index contributed by atoms with van der Waals surface area (Å²) in [7, 11) is -0.650. The van der Waals surface area contributed by atoms with Crippen LogP contribution in [0.5, 0.6) is 0 Å². The molecular weight excluding hydrogens is 437 g/mol. The van der Waals surface area contributed by atoms with Crippen LogP contribution in [0.15, 0.2) is 42.0 Å². The molecule has 0 saturated carbocycles. The van der Waals surface area contributed by atoms with Crippen LogP contribution in [-0.4, -0.2) is 41.5 Å². The first-order valence-corrected chi connectivity index (χ1v) is 13.0. The van der Waals surface area contributed by atoms with E-state index in [-0.39, 0.29) is 6.09 Å². The van der Waals surface area contributed by atoms with Gasteiger partial charge in [-0.1, -0.05) is 48.9 Å². The lowest BCUT2D eigenvalue weighted by molar-refractivity contribution is 0.00411. The molecule has 5 nitrogen and oxygen atoms in total. The molecule has 1 saturated heterocycles. The van der Waals surface area contributed by atoms with E-state index in [0.717, 1.165) is 24.8 Å². The molecule has 6 heteroatoms. The molecule has 1 aromatic carbocycles. The summed E-state index contributed by atoms with van der Waals surface area (Å²) >= 11 is 0. The Bertz CT molecular complexity index is 854. The summed E-state index contributed by atoms with van der Waals surface area (Å²) in [6.45, 7) is 23.0. The van der Waals surface area contributed by atoms with Gasteiger partial charge in [-0.15, -0.1) is 0 Å². The van der Waals surface area contributed by atoms with Crippen LogP contribution < -0.4 is 0 Å². The minimum Gasteiger partial charge on any atom is -0.444 e. The van der Waals surface area contributed by atoms with Crippen molar-refractivity contribution in [3.63, 3.8) is 0 Å². The van der Waals surface area contributed by atoms with Crippen molar-refractivity contribution >= 4 is 13.2 Å². The Balaban J connectivity index is 2.47. The largest absolute Gasteiger partial charge is 0.490 e. The maximum atomic E-state index is 13.8. The predicted molar refractivity (Wildman–Crippen MR) is 145 cm³/mol. The third kappa shape index (κ3) is 7.36. The van der Waals surface area contributed by atoms with E-state index in [1.165, 1.54) is 5.57 Å². The smallest absolute Gasteiger partial charge is 0.444 e. The number of carbonyl (C=O) groups is 1. The van der Waals surface area contributed by atoms with Crippen LogP contribution in [-0.2, 0) is 19.5 Å². The zero-order valence-corrected chi connectivity index (χ0v) is 24.0. The molecule has 1 fully saturated rings. The summed E-state index contributed by atoms with van der Waals surface area (Å²) in [6.07, 6.45) is 4.91. The fourth-order valence-corrected chi connectivity index (χ4v) is 4.25. The van der Waals surface area contributed by atoms with Crippen molar-refractivity contribution in [1.82, 2.24) is 4.90 Å². The molecule has 0 spiro atoms. The van der Waals surface area contributed by atoms with Crippen molar-refractivity contribution in [1.29, 1.82) is 0 Å². The molecule has 1 amide bonds. The highest BCUT2D eigenvalue weighted by Gasteiger charge is 2.61. The van der Waals surface area contributed by atoms with Crippen molar-refractivity contribution in [2.45, 2.75) is 118 Å². The van der Waals surface area contributed by atoms with Gasteiger partial charge >= 0.3 is 13.2 Å². The monoisotopic (exact) mass is 485 g/mol. The van der Waals surface area contributed by atoms with Gasteiger partial charge in [-0.2, -0.15) is 0 Å². The summed E-state index contributed by atoms with van der Waals surface area (Å²) in [5.41, 5.74) is -0.242. The van der Waals surface area contributed by atoms with Gasteiger partial charge in [0, 0.05) is 6.54 Å². The average Bonchev–Trinajstić information content (AvgIpc) is 2.94. The first-order chi connectivity index (χ1) is 16.0. The first-order valence-electron chi connectivity index (χ1n) is 13.0. The van der Waals surface area contributed by atoms with Gasteiger partial charge < -0.3 is 14.0 Å². The molecular formula is C29H48BNO4. The van der Waals surface area contributed by atoms with E-state index in [2.05, 4.69) is 26.8 Å². The van der Waals surface area contributed by atoms with Gasteiger partial charge in [0.2, 0.25) is 0 Å². The van der Waals surface area contributed by atoms with Gasteiger partial charge in [-0.3, -0.25) is 4.90 Å². The molecule has 0 bridgehead atoms. The number of hydrogen-bond donors (Lipinski definition) is 0. The summed E-state index contributed by atoms with van der Waals surface area (Å²) in [4.78, 5) is 15.6. The van der Waals surface area contributed by atoms with E-state index in [1.54, 1.807) is 0 Å². The van der Waals surface area contributed by atoms with Crippen molar-refractivity contribution in [3.8, 4) is 0 Å². The molecule has 0 aromatic heterocycles. The molecule has 35 heavy (non-hydrogen) atoms. The number of rotatable bonds is 9. The zero-order valence-electron chi connectivity index (χ0n) is 24.0. The quantitative estimate of drug-likeness (QED) is 0.268. The highest BCUT2D eigenvalue weighted by molar-refractivity contribution is 6.49. The average molecular weight is 486 g/mol. The number of allylic oxidation sites excluding steroid dienone is 2. The van der Waals surface area contributed by atoms with Crippen LogP contribution >= 0.6 is 0 Å². The fourth-order valence-electron chi connectivity index (χ4n) is 4.25. The number of benzene rings is 1. The summed E-state index contributed by atoms with van der Waals surface area (Å²) in [5.74, 6) is 0.453. The van der Waals surface area contributed by atoms with E-state index in [4.69, 9.17) is 14.0 Å². The molecule has 2 rings (SSSR count). The molecule has 2 atom stereocenters. The normalized spacial score (nSPS) is 19.6. The van der Waals surface area contributed by atoms with E-state index in [1.807, 2.05) is 90.6 Å². The third-order valence-corrected chi connectivity index (χ3v) is 7.30. The van der Waals surface area contributed by atoms with Gasteiger partial charge in [0.1, 0.15) is 11.0 Å². The predicted octanol–water partition coefficient (Wildman–Crippen LogP) is 7.54. The van der Waals surface area contributed by atoms with Crippen LogP contribution in [0, 0.1) is 5.92 Å². The van der Waals surface area contributed by atoms with Gasteiger partial charge in [0.05, 0.1) is 11.2 Å². The van der Waals surface area contributed by atoms with Gasteiger partial charge in [-0.05, 0) is 100.0 Å². The second-order valence-electron chi connectivity index (χ2n) is 12.5. The second-order valence-corrected chi connectivity index (χ2v) is 12.5. The lowest BCUT2D eigenvalue weighted by Crippen LogP contribution is -2.59. The highest BCUT2D eigenvalue weighted by Crippen LogP contribution is 2.45. The number of amides is 1. The minimum atomic E-state index is -0.881. The molecule has 196 valence electrons. The van der Waals surface area contributed by atoms with Gasteiger partial charge in [0.15, 0.2) is 0 Å². The molecule has 0 N–H and O–H groups in total. The number of ether oxygens (including phenoxy) is 1. The van der Waals surface area contributed by atoms with Crippen molar-refractivity contribution in [3.05, 3.63) is 47.5 Å². The lowest BCUT2D eigenvalue weighted by atomic mass is 9.60. The molecule has 0 unspecified atom stereocenters. The Morgan fingerprint density at radius 2 is 1.57 bits per heavy atom. The number of carbonyl (C=O) groups excluding carboxylic acids is 1. The van der Waals surface area contributed by atoms with Crippen LogP contribution in [0.1, 0.15) is 101 Å². The number of hydrogen-bond acceptors (Lipinski definition) is 4. The molecule has 1 aliphatic rings. The molecule has 0 radical (unpaired) electrons. The van der Waals surface area contributed by atoms with Crippen LogP contribution in [0.2, 0.25) is 0 Å². The minimum absolute atomic E-state index is 0.352. The Hall–Kier alpha value is -1.79. The Morgan fingerprint density at radius 1 is 1.03 bits per heavy atom. The summed E-state index contributed by atoms with van der Waals surface area (Å²) in [6, 6.07) is 10.1. The lowest BCUT2D eigenvalue weighted by Gasteiger charge is -2.43. The van der Waals surface area contributed by atoms with Crippen LogP contribution in [0.4, 0.5) is 4.79 Å². The first kappa shape index (κ1) is 29.4. The second kappa shape index (κ2) is 11.1. The maximum absolute atomic E-state index is 13.8. The van der Waals surface area contributed by atoms with Crippen molar-refractivity contribution < 1.29 is 18.8 Å². The van der Waals surface area contributed by atoms with Gasteiger partial charge in [-0.25, -0.2) is 4.79 Å². The standard InChI is InChI=1S/C29H48BNO4/c1-22(2)16-15-17-23(3)20-21-31(25(32)33-26(4,5)6)29(11,24-18-13-12-14-19-24)30-34-27(7,8)28(9,10)35-30/h12-14,16,18-19,23H,15,17,20-21H2,1-11H3/t23-,29-/m0/s1. The summed E-state index contributed by atoms with van der Waals surface area (Å²) < 4.78 is 19.1. The summed E-state index contributed by atoms with van der Waals surface area (Å²) in [5, 5.41) is 0. The van der Waals surface area contributed by atoms with Crippen LogP contribution in [0.25, 0.3) is 0 Å². The Kier molecular flexibility index (Phi) is 9.33. The molecule has 1 aromatic rings. The highest BCUT2D eigenvalue weighted by atomic mass is 16.7. The molecule has 1 aliphatic heterocycles. The Labute approximate surface area is 214 Å². The van der Waals surface area contributed by atoms with E-state index >= 15 is 0 Å². The zero-order chi connectivity index (χ0) is 26.7. The van der Waals surface area contributed by atoms with E-state index in [0.29, 0.717) is 12.5 Å². The Morgan fingerprint density at radius 3 is 2.06 bits per heavy atom. The van der Waals surface area contributed by atoms with Crippen molar-refractivity contribution in [2.75, 3.05) is 6.54 Å². The van der Waals surface area contributed by atoms with E-state index < -0.39 is 29.4 Å². The number of nitrogens with zero attached hydrogens (tertiary/aromatic N) is 1. The fraction of sp³-hybridized carbons (Fsp3) is 0.690. The SMILES string of the molecule is CC(C)=CCC[C@H](C)CCN(C(=O)OC(C)(C)C)[C@](C)(B1OC(C)(C)C(C)(C)O1)c1ccccc1. The molecule has 0 aliphatic carbocycles. The van der Waals surface area contributed by atoms with Gasteiger partial charge in [0.25, 0.3) is 0 Å². The van der Waals surface area contributed by atoms with E-state index in [9.17, 15) is 4.79 Å². The topological polar surface area (TPSA) is 48.0 Å².